The maximum atomic E-state index is 14.3. The van der Waals surface area contributed by atoms with Crippen molar-refractivity contribution in [3.8, 4) is 22.6 Å². The molecule has 1 heterocycles. The van der Waals surface area contributed by atoms with E-state index in [9.17, 15) is 15.0 Å². The average Bonchev–Trinajstić information content (AvgIpc) is 3.00. The minimum absolute atomic E-state index is 0.0332. The van der Waals surface area contributed by atoms with E-state index in [2.05, 4.69) is 52.1 Å². The quantitative estimate of drug-likeness (QED) is 0.170. The molecule has 6 heteroatoms. The molecule has 6 rings (SSSR count). The lowest BCUT2D eigenvalue weighted by atomic mass is 9.56. The van der Waals surface area contributed by atoms with Crippen LogP contribution in [0.25, 0.3) is 11.1 Å². The van der Waals surface area contributed by atoms with Crippen LogP contribution in [0.1, 0.15) is 63.6 Å². The second-order valence-electron chi connectivity index (χ2n) is 14.1. The first kappa shape index (κ1) is 30.2. The maximum absolute atomic E-state index is 14.3. The Hall–Kier alpha value is -3.87. The predicted octanol–water partition coefficient (Wildman–Crippen LogP) is 8.98. The Labute approximate surface area is 262 Å². The van der Waals surface area contributed by atoms with Crippen molar-refractivity contribution in [1.82, 2.24) is 0 Å². The van der Waals surface area contributed by atoms with E-state index in [4.69, 9.17) is 4.43 Å². The second-order valence-corrected chi connectivity index (χ2v) is 18.9. The third kappa shape index (κ3) is 5.14. The maximum Gasteiger partial charge on any atom is 0.250 e. The number of nitrogens with zero attached hydrogens (tertiary/aromatic N) is 1. The highest BCUT2D eigenvalue weighted by Crippen LogP contribution is 2.63. The van der Waals surface area contributed by atoms with Crippen LogP contribution in [0.2, 0.25) is 18.1 Å². The van der Waals surface area contributed by atoms with Crippen LogP contribution in [0.3, 0.4) is 0 Å². The number of benzene rings is 4. The lowest BCUT2D eigenvalue weighted by Gasteiger charge is -2.60. The molecule has 0 bridgehead atoms. The number of anilines is 1. The molecule has 5 nitrogen and oxygen atoms in total. The van der Waals surface area contributed by atoms with Gasteiger partial charge in [-0.2, -0.15) is 0 Å². The number of β-lactam (4-membered cyclic amide) rings is 1. The van der Waals surface area contributed by atoms with Gasteiger partial charge in [0.05, 0.1) is 17.1 Å². The van der Waals surface area contributed by atoms with Crippen molar-refractivity contribution in [2.45, 2.75) is 76.2 Å². The summed E-state index contributed by atoms with van der Waals surface area (Å²) in [6.07, 6.45) is 2.20. The molecule has 228 valence electrons. The fourth-order valence-corrected chi connectivity index (χ4v) is 7.76. The standard InChI is InChI=1S/C38H43NO4Si/c1-36(2,3)44(4,5)43-33-26-28(27-13-12-18-31(40)25-27)19-20-32(33)34-37(35(41)39(34)30-16-10-7-11-17-30)21-23-38(42,24-22-37)29-14-8-6-9-15-29/h6-20,25-26,34,40,42H,21-24H2,1-5H3/t34-,37?,38?/m1/s1. The molecular weight excluding hydrogens is 563 g/mol. The zero-order valence-corrected chi connectivity index (χ0v) is 27.4. The second kappa shape index (κ2) is 10.9. The van der Waals surface area contributed by atoms with Gasteiger partial charge in [0.25, 0.3) is 0 Å². The lowest BCUT2D eigenvalue weighted by Crippen LogP contribution is -2.65. The average molecular weight is 606 g/mol. The molecule has 1 spiro atoms. The van der Waals surface area contributed by atoms with E-state index in [-0.39, 0.29) is 22.7 Å². The largest absolute Gasteiger partial charge is 0.543 e. The summed E-state index contributed by atoms with van der Waals surface area (Å²) in [7, 11) is -2.29. The molecule has 44 heavy (non-hydrogen) atoms. The van der Waals surface area contributed by atoms with Gasteiger partial charge in [-0.25, -0.2) is 0 Å². The van der Waals surface area contributed by atoms with E-state index >= 15 is 0 Å². The van der Waals surface area contributed by atoms with Crippen LogP contribution in [-0.4, -0.2) is 24.4 Å². The van der Waals surface area contributed by atoms with Gasteiger partial charge in [0, 0.05) is 11.3 Å². The molecule has 1 atom stereocenters. The Morgan fingerprint density at radius 1 is 0.795 bits per heavy atom. The molecule has 0 radical (unpaired) electrons. The first-order valence-corrected chi connectivity index (χ1v) is 18.5. The monoisotopic (exact) mass is 605 g/mol. The summed E-state index contributed by atoms with van der Waals surface area (Å²) < 4.78 is 7.10. The van der Waals surface area contributed by atoms with Crippen molar-refractivity contribution in [1.29, 1.82) is 0 Å². The molecular formula is C38H43NO4Si. The highest BCUT2D eigenvalue weighted by atomic mass is 28.4. The molecule has 0 unspecified atom stereocenters. The fraction of sp³-hybridized carbons (Fsp3) is 0.342. The Morgan fingerprint density at radius 3 is 2.02 bits per heavy atom. The molecule has 1 saturated heterocycles. The molecule has 2 N–H and O–H groups in total. The molecule has 1 aliphatic carbocycles. The van der Waals surface area contributed by atoms with Crippen molar-refractivity contribution in [2.75, 3.05) is 4.90 Å². The van der Waals surface area contributed by atoms with Crippen LogP contribution in [0.15, 0.2) is 103 Å². The van der Waals surface area contributed by atoms with Crippen LogP contribution in [-0.2, 0) is 10.4 Å². The van der Waals surface area contributed by atoms with Gasteiger partial charge < -0.3 is 19.5 Å². The molecule has 2 aliphatic rings. The van der Waals surface area contributed by atoms with E-state index in [0.717, 1.165) is 33.7 Å². The molecule has 0 aromatic heterocycles. The summed E-state index contributed by atoms with van der Waals surface area (Å²) in [5.74, 6) is 1.11. The number of phenols is 1. The minimum Gasteiger partial charge on any atom is -0.543 e. The SMILES string of the molecule is CC(C)(C)[Si](C)(C)Oc1cc(-c2cccc(O)c2)ccc1[C@H]1N(c2ccccc2)C(=O)C12CCC(O)(c1ccccc1)CC2. The number of hydrogen-bond donors (Lipinski definition) is 2. The van der Waals surface area contributed by atoms with Crippen LogP contribution in [0.4, 0.5) is 5.69 Å². The first-order valence-electron chi connectivity index (χ1n) is 15.6. The number of aliphatic hydroxyl groups is 1. The van der Waals surface area contributed by atoms with E-state index in [1.165, 1.54) is 0 Å². The van der Waals surface area contributed by atoms with Gasteiger partial charge in [0.2, 0.25) is 14.2 Å². The van der Waals surface area contributed by atoms with E-state index in [1.807, 2.05) is 77.7 Å². The Morgan fingerprint density at radius 2 is 1.41 bits per heavy atom. The van der Waals surface area contributed by atoms with Crippen LogP contribution < -0.4 is 9.33 Å². The van der Waals surface area contributed by atoms with Crippen molar-refractivity contribution < 1.29 is 19.4 Å². The van der Waals surface area contributed by atoms with Gasteiger partial charge in [0.1, 0.15) is 11.5 Å². The Bertz CT molecular complexity index is 1650. The summed E-state index contributed by atoms with van der Waals surface area (Å²) in [6, 6.07) is 33.1. The number of carbonyl (C=O) groups excluding carboxylic acids is 1. The molecule has 1 saturated carbocycles. The van der Waals surface area contributed by atoms with Gasteiger partial charge in [0.15, 0.2) is 0 Å². The smallest absolute Gasteiger partial charge is 0.250 e. The lowest BCUT2D eigenvalue weighted by molar-refractivity contribution is -0.149. The summed E-state index contributed by atoms with van der Waals surface area (Å²) in [5.41, 5.74) is 3.03. The number of rotatable bonds is 6. The Balaban J connectivity index is 1.47. The summed E-state index contributed by atoms with van der Waals surface area (Å²) in [5, 5.41) is 21.9. The van der Waals surface area contributed by atoms with Crippen molar-refractivity contribution >= 4 is 19.9 Å². The number of aromatic hydroxyl groups is 1. The first-order chi connectivity index (χ1) is 20.8. The molecule has 2 fully saturated rings. The normalized spacial score (nSPS) is 23.8. The topological polar surface area (TPSA) is 70.0 Å². The summed E-state index contributed by atoms with van der Waals surface area (Å²) >= 11 is 0. The molecule has 4 aromatic carbocycles. The Kier molecular flexibility index (Phi) is 7.50. The number of hydrogen-bond acceptors (Lipinski definition) is 4. The van der Waals surface area contributed by atoms with Crippen molar-refractivity contribution in [3.05, 3.63) is 114 Å². The van der Waals surface area contributed by atoms with E-state index in [0.29, 0.717) is 25.7 Å². The van der Waals surface area contributed by atoms with E-state index < -0.39 is 19.3 Å². The highest BCUT2D eigenvalue weighted by Gasteiger charge is 2.64. The van der Waals surface area contributed by atoms with Gasteiger partial charge in [-0.15, -0.1) is 0 Å². The third-order valence-electron chi connectivity index (χ3n) is 10.4. The fourth-order valence-electron chi connectivity index (χ4n) is 6.72. The zero-order valence-electron chi connectivity index (χ0n) is 26.4. The van der Waals surface area contributed by atoms with Crippen LogP contribution >= 0.6 is 0 Å². The van der Waals surface area contributed by atoms with Crippen LogP contribution in [0.5, 0.6) is 11.5 Å². The van der Waals surface area contributed by atoms with Crippen molar-refractivity contribution in [3.63, 3.8) is 0 Å². The van der Waals surface area contributed by atoms with Gasteiger partial charge in [-0.1, -0.05) is 93.6 Å². The molecule has 1 aliphatic heterocycles. The molecule has 4 aromatic rings. The number of phenolic OH excluding ortho intramolecular Hbond substituents is 1. The van der Waals surface area contributed by atoms with Gasteiger partial charge >= 0.3 is 0 Å². The van der Waals surface area contributed by atoms with Crippen LogP contribution in [0, 0.1) is 5.41 Å². The number of amides is 1. The third-order valence-corrected chi connectivity index (χ3v) is 14.7. The number of para-hydroxylation sites is 1. The van der Waals surface area contributed by atoms with Gasteiger partial charge in [-0.05, 0) is 90.8 Å². The molecule has 1 amide bonds. The number of carbonyl (C=O) groups is 1. The highest BCUT2D eigenvalue weighted by molar-refractivity contribution is 6.74. The summed E-state index contributed by atoms with van der Waals surface area (Å²) in [6.45, 7) is 11.2. The summed E-state index contributed by atoms with van der Waals surface area (Å²) in [4.78, 5) is 16.3. The van der Waals surface area contributed by atoms with Crippen molar-refractivity contribution in [2.24, 2.45) is 5.41 Å². The minimum atomic E-state index is -2.29. The predicted molar refractivity (Wildman–Crippen MR) is 179 cm³/mol. The van der Waals surface area contributed by atoms with E-state index in [1.54, 1.807) is 12.1 Å². The van der Waals surface area contributed by atoms with Gasteiger partial charge in [-0.3, -0.25) is 4.79 Å². The zero-order chi connectivity index (χ0) is 31.3.